The molecule has 0 fully saturated rings. The van der Waals surface area contributed by atoms with E-state index in [1.807, 2.05) is 24.3 Å². The van der Waals surface area contributed by atoms with Crippen molar-refractivity contribution in [3.05, 3.63) is 52.0 Å². The van der Waals surface area contributed by atoms with E-state index in [2.05, 4.69) is 22.1 Å². The number of hydrogen-bond acceptors (Lipinski definition) is 4. The zero-order valence-electron chi connectivity index (χ0n) is 11.1. The number of nitrogens with two attached hydrogens (primary N) is 1. The van der Waals surface area contributed by atoms with Gasteiger partial charge in [-0.05, 0) is 36.9 Å². The SMILES string of the molecule is NCCCC1C=CSC1=C1NC(=O)c2ccccc2N1. The van der Waals surface area contributed by atoms with Crippen molar-refractivity contribution >= 4 is 23.4 Å². The molecule has 5 heteroatoms. The molecule has 4 nitrogen and oxygen atoms in total. The molecule has 1 unspecified atom stereocenters. The van der Waals surface area contributed by atoms with E-state index in [0.717, 1.165) is 24.4 Å². The van der Waals surface area contributed by atoms with Gasteiger partial charge in [0.2, 0.25) is 0 Å². The molecule has 0 spiro atoms. The van der Waals surface area contributed by atoms with Crippen molar-refractivity contribution in [2.75, 3.05) is 11.9 Å². The van der Waals surface area contributed by atoms with Gasteiger partial charge < -0.3 is 16.4 Å². The van der Waals surface area contributed by atoms with Gasteiger partial charge in [0.05, 0.1) is 11.3 Å². The maximum atomic E-state index is 12.1. The van der Waals surface area contributed by atoms with Gasteiger partial charge in [-0.1, -0.05) is 30.0 Å². The highest BCUT2D eigenvalue weighted by Gasteiger charge is 2.26. The highest BCUT2D eigenvalue weighted by molar-refractivity contribution is 8.06. The van der Waals surface area contributed by atoms with E-state index in [-0.39, 0.29) is 5.91 Å². The van der Waals surface area contributed by atoms with E-state index in [4.69, 9.17) is 5.73 Å². The molecule has 1 amide bonds. The summed E-state index contributed by atoms with van der Waals surface area (Å²) in [7, 11) is 0. The number of carbonyl (C=O) groups excluding carboxylic acids is 1. The molecule has 0 aliphatic carbocycles. The number of nitrogens with one attached hydrogen (secondary N) is 2. The van der Waals surface area contributed by atoms with Gasteiger partial charge in [-0.25, -0.2) is 0 Å². The van der Waals surface area contributed by atoms with E-state index >= 15 is 0 Å². The second-order valence-corrected chi connectivity index (χ2v) is 5.80. The average molecular weight is 287 g/mol. The van der Waals surface area contributed by atoms with Crippen LogP contribution in [0.2, 0.25) is 0 Å². The third kappa shape index (κ3) is 2.46. The standard InChI is InChI=1S/C15H17N3OS/c16-8-3-4-10-7-9-20-13(10)14-17-12-6-2-1-5-11(12)15(19)18-14/h1-2,5-7,9-10,17H,3-4,8,16H2,(H,18,19). The lowest BCUT2D eigenvalue weighted by atomic mass is 10.0. The first-order chi connectivity index (χ1) is 9.79. The summed E-state index contributed by atoms with van der Waals surface area (Å²) in [6, 6.07) is 7.55. The second kappa shape index (κ2) is 5.73. The van der Waals surface area contributed by atoms with Crippen LogP contribution in [0.5, 0.6) is 0 Å². The molecule has 0 radical (unpaired) electrons. The number of amides is 1. The van der Waals surface area contributed by atoms with Gasteiger partial charge in [-0.3, -0.25) is 4.79 Å². The Kier molecular flexibility index (Phi) is 3.80. The number of benzene rings is 1. The van der Waals surface area contributed by atoms with Gasteiger partial charge >= 0.3 is 0 Å². The molecule has 3 rings (SSSR count). The van der Waals surface area contributed by atoms with E-state index in [1.165, 1.54) is 4.91 Å². The molecule has 104 valence electrons. The van der Waals surface area contributed by atoms with E-state index in [9.17, 15) is 4.79 Å². The van der Waals surface area contributed by atoms with Crippen LogP contribution in [0.4, 0.5) is 5.69 Å². The van der Waals surface area contributed by atoms with Crippen molar-refractivity contribution in [2.24, 2.45) is 11.7 Å². The zero-order valence-corrected chi connectivity index (χ0v) is 11.9. The molecular weight excluding hydrogens is 270 g/mol. The largest absolute Gasteiger partial charge is 0.340 e. The predicted molar refractivity (Wildman–Crippen MR) is 83.1 cm³/mol. The van der Waals surface area contributed by atoms with Crippen molar-refractivity contribution in [3.8, 4) is 0 Å². The highest BCUT2D eigenvalue weighted by Crippen LogP contribution is 2.39. The molecule has 1 aromatic carbocycles. The van der Waals surface area contributed by atoms with Crippen LogP contribution in [-0.4, -0.2) is 12.5 Å². The molecule has 0 saturated carbocycles. The average Bonchev–Trinajstić information content (AvgIpc) is 2.93. The summed E-state index contributed by atoms with van der Waals surface area (Å²) in [5.41, 5.74) is 7.13. The lowest BCUT2D eigenvalue weighted by Crippen LogP contribution is -2.34. The Bertz CT molecular complexity index is 595. The minimum atomic E-state index is -0.0491. The minimum Gasteiger partial charge on any atom is -0.340 e. The van der Waals surface area contributed by atoms with Crippen LogP contribution in [0.15, 0.2) is 46.5 Å². The normalized spacial score (nSPS) is 24.2. The molecule has 20 heavy (non-hydrogen) atoms. The molecule has 2 aliphatic heterocycles. The Labute approximate surface area is 122 Å². The Morgan fingerprint density at radius 1 is 1.25 bits per heavy atom. The lowest BCUT2D eigenvalue weighted by Gasteiger charge is -2.24. The maximum Gasteiger partial charge on any atom is 0.258 e. The topological polar surface area (TPSA) is 67.1 Å². The van der Waals surface area contributed by atoms with Gasteiger partial charge in [-0.2, -0.15) is 0 Å². The minimum absolute atomic E-state index is 0.0491. The summed E-state index contributed by atoms with van der Waals surface area (Å²) in [5.74, 6) is 1.11. The molecular formula is C15H17N3OS. The summed E-state index contributed by atoms with van der Waals surface area (Å²) in [6.07, 6.45) is 4.17. The third-order valence-electron chi connectivity index (χ3n) is 3.48. The number of rotatable bonds is 3. The number of fused-ring (bicyclic) bond motifs is 1. The Morgan fingerprint density at radius 2 is 2.10 bits per heavy atom. The molecule has 1 aromatic rings. The Hall–Kier alpha value is -1.72. The van der Waals surface area contributed by atoms with Crippen LogP contribution in [0.25, 0.3) is 0 Å². The highest BCUT2D eigenvalue weighted by atomic mass is 32.2. The first-order valence-electron chi connectivity index (χ1n) is 6.74. The molecule has 1 atom stereocenters. The van der Waals surface area contributed by atoms with Crippen molar-refractivity contribution in [1.82, 2.24) is 5.32 Å². The molecule has 0 bridgehead atoms. The summed E-state index contributed by atoms with van der Waals surface area (Å²) in [6.45, 7) is 0.695. The number of anilines is 1. The molecule has 0 aromatic heterocycles. The predicted octanol–water partition coefficient (Wildman–Crippen LogP) is 2.63. The van der Waals surface area contributed by atoms with E-state index in [1.54, 1.807) is 11.8 Å². The first kappa shape index (κ1) is 13.3. The van der Waals surface area contributed by atoms with Gasteiger partial charge in [0.1, 0.15) is 5.82 Å². The van der Waals surface area contributed by atoms with E-state index < -0.39 is 0 Å². The summed E-state index contributed by atoms with van der Waals surface area (Å²) < 4.78 is 0. The number of allylic oxidation sites excluding steroid dienone is 2. The van der Waals surface area contributed by atoms with Gasteiger partial charge in [0.25, 0.3) is 5.91 Å². The maximum absolute atomic E-state index is 12.1. The summed E-state index contributed by atoms with van der Waals surface area (Å²) in [4.78, 5) is 13.3. The van der Waals surface area contributed by atoms with Crippen LogP contribution in [-0.2, 0) is 0 Å². The summed E-state index contributed by atoms with van der Waals surface area (Å²) in [5, 5.41) is 8.37. The zero-order chi connectivity index (χ0) is 13.9. The van der Waals surface area contributed by atoms with Gasteiger partial charge in [0.15, 0.2) is 0 Å². The van der Waals surface area contributed by atoms with Crippen molar-refractivity contribution in [1.29, 1.82) is 0 Å². The van der Waals surface area contributed by atoms with Crippen molar-refractivity contribution < 1.29 is 4.79 Å². The monoisotopic (exact) mass is 287 g/mol. The summed E-state index contributed by atoms with van der Waals surface area (Å²) >= 11 is 1.67. The number of hydrogen-bond donors (Lipinski definition) is 3. The van der Waals surface area contributed by atoms with Crippen molar-refractivity contribution in [3.63, 3.8) is 0 Å². The first-order valence-corrected chi connectivity index (χ1v) is 7.62. The van der Waals surface area contributed by atoms with Crippen LogP contribution in [0.1, 0.15) is 23.2 Å². The Balaban J connectivity index is 1.88. The molecule has 0 saturated heterocycles. The number of thioether (sulfide) groups is 1. The lowest BCUT2D eigenvalue weighted by molar-refractivity contribution is 0.0963. The van der Waals surface area contributed by atoms with Crippen LogP contribution in [0.3, 0.4) is 0 Å². The number of carbonyl (C=O) groups is 1. The molecule has 4 N–H and O–H groups in total. The van der Waals surface area contributed by atoms with Gasteiger partial charge in [0, 0.05) is 10.8 Å². The smallest absolute Gasteiger partial charge is 0.258 e. The third-order valence-corrected chi connectivity index (χ3v) is 4.53. The van der Waals surface area contributed by atoms with Crippen molar-refractivity contribution in [2.45, 2.75) is 12.8 Å². The second-order valence-electron chi connectivity index (χ2n) is 4.85. The van der Waals surface area contributed by atoms with Crippen LogP contribution < -0.4 is 16.4 Å². The fraction of sp³-hybridized carbons (Fsp3) is 0.267. The number of para-hydroxylation sites is 1. The fourth-order valence-corrected chi connectivity index (χ4v) is 3.46. The Morgan fingerprint density at radius 3 is 2.95 bits per heavy atom. The van der Waals surface area contributed by atoms with Crippen LogP contribution in [0, 0.1) is 5.92 Å². The molecule has 2 heterocycles. The fourth-order valence-electron chi connectivity index (χ4n) is 2.45. The van der Waals surface area contributed by atoms with Gasteiger partial charge in [-0.15, -0.1) is 0 Å². The van der Waals surface area contributed by atoms with Crippen LogP contribution >= 0.6 is 11.8 Å². The molecule has 2 aliphatic rings. The quantitative estimate of drug-likeness (QED) is 0.799. The van der Waals surface area contributed by atoms with E-state index in [0.29, 0.717) is 18.0 Å².